The van der Waals surface area contributed by atoms with Gasteiger partial charge >= 0.3 is 5.97 Å². The summed E-state index contributed by atoms with van der Waals surface area (Å²) < 4.78 is 38.8. The summed E-state index contributed by atoms with van der Waals surface area (Å²) >= 11 is 0. The van der Waals surface area contributed by atoms with Crippen molar-refractivity contribution in [2.45, 2.75) is 45.9 Å². The maximum absolute atomic E-state index is 14.2. The van der Waals surface area contributed by atoms with E-state index in [2.05, 4.69) is 15.2 Å². The molecular formula is C31H27FN4O6. The van der Waals surface area contributed by atoms with Crippen molar-refractivity contribution in [2.75, 3.05) is 6.61 Å². The Kier molecular flexibility index (Phi) is 6.93. The van der Waals surface area contributed by atoms with E-state index in [-0.39, 0.29) is 48.3 Å². The molecule has 6 rings (SSSR count). The van der Waals surface area contributed by atoms with Crippen LogP contribution >= 0.6 is 0 Å². The maximum Gasteiger partial charge on any atom is 0.347 e. The number of pyridine rings is 2. The smallest absolute Gasteiger partial charge is 0.347 e. The minimum absolute atomic E-state index is 0.00368. The van der Waals surface area contributed by atoms with Gasteiger partial charge in [-0.3, -0.25) is 14.3 Å². The first-order chi connectivity index (χ1) is 20.3. The third-order valence-electron chi connectivity index (χ3n) is 7.03. The number of carbonyl (C=O) groups is 1. The number of aryl methyl sites for hydroxylation is 1. The van der Waals surface area contributed by atoms with Crippen molar-refractivity contribution >= 4 is 17.0 Å². The van der Waals surface area contributed by atoms with Gasteiger partial charge < -0.3 is 18.6 Å². The minimum atomic E-state index is -1.26. The van der Waals surface area contributed by atoms with Crippen molar-refractivity contribution in [3.8, 4) is 11.5 Å². The first-order valence-electron chi connectivity index (χ1n) is 13.4. The second kappa shape index (κ2) is 10.7. The number of ether oxygens (including phenoxy) is 3. The SMILES string of the molecule is CCOC(=O)c1c(OCc2ccccc2)c2ncc(Cc3ccc(F)cc3)c3c2n(c1=O)CC(C)(c1nnc(C)o1)O3. The van der Waals surface area contributed by atoms with E-state index in [0.717, 1.165) is 11.1 Å². The van der Waals surface area contributed by atoms with Crippen LogP contribution in [-0.4, -0.2) is 32.3 Å². The fraction of sp³-hybridized carbons (Fsp3) is 0.258. The fourth-order valence-electron chi connectivity index (χ4n) is 5.04. The number of benzene rings is 2. The quantitative estimate of drug-likeness (QED) is 0.241. The van der Waals surface area contributed by atoms with E-state index < -0.39 is 17.1 Å². The molecule has 0 N–H and O–H groups in total. The van der Waals surface area contributed by atoms with Crippen LogP contribution in [0.15, 0.2) is 70.0 Å². The minimum Gasteiger partial charge on any atom is -0.485 e. The molecule has 5 aromatic rings. The lowest BCUT2D eigenvalue weighted by atomic mass is 9.99. The molecule has 1 aliphatic heterocycles. The van der Waals surface area contributed by atoms with Gasteiger partial charge in [0.05, 0.1) is 13.2 Å². The second-order valence-electron chi connectivity index (χ2n) is 10.2. The first-order valence-corrected chi connectivity index (χ1v) is 13.4. The van der Waals surface area contributed by atoms with Gasteiger partial charge in [0.25, 0.3) is 11.4 Å². The van der Waals surface area contributed by atoms with Crippen LogP contribution in [0.25, 0.3) is 11.0 Å². The zero-order valence-corrected chi connectivity index (χ0v) is 23.2. The molecule has 2 aromatic carbocycles. The monoisotopic (exact) mass is 570 g/mol. The van der Waals surface area contributed by atoms with Gasteiger partial charge in [0.2, 0.25) is 11.5 Å². The van der Waals surface area contributed by atoms with Crippen LogP contribution in [0.1, 0.15) is 52.7 Å². The van der Waals surface area contributed by atoms with Gasteiger partial charge in [-0.2, -0.15) is 0 Å². The molecule has 0 saturated heterocycles. The average molecular weight is 571 g/mol. The molecule has 3 aromatic heterocycles. The number of nitrogens with zero attached hydrogens (tertiary/aromatic N) is 4. The molecule has 0 saturated carbocycles. The first kappa shape index (κ1) is 27.1. The summed E-state index contributed by atoms with van der Waals surface area (Å²) in [6.07, 6.45) is 1.93. The molecule has 0 radical (unpaired) electrons. The molecule has 0 fully saturated rings. The predicted octanol–water partition coefficient (Wildman–Crippen LogP) is 4.88. The summed E-state index contributed by atoms with van der Waals surface area (Å²) in [5.41, 5.74) is 0.716. The van der Waals surface area contributed by atoms with Crippen LogP contribution in [0.5, 0.6) is 11.5 Å². The Morgan fingerprint density at radius 1 is 1.10 bits per heavy atom. The Morgan fingerprint density at radius 2 is 1.86 bits per heavy atom. The number of aromatic nitrogens is 4. The van der Waals surface area contributed by atoms with E-state index in [0.29, 0.717) is 29.1 Å². The van der Waals surface area contributed by atoms with Crippen LogP contribution in [0, 0.1) is 12.7 Å². The molecule has 0 spiro atoms. The Morgan fingerprint density at radius 3 is 2.55 bits per heavy atom. The van der Waals surface area contributed by atoms with Gasteiger partial charge in [-0.15, -0.1) is 10.2 Å². The highest BCUT2D eigenvalue weighted by atomic mass is 19.1. The van der Waals surface area contributed by atoms with E-state index in [1.54, 1.807) is 39.1 Å². The van der Waals surface area contributed by atoms with Crippen molar-refractivity contribution < 1.29 is 27.8 Å². The number of hydrogen-bond acceptors (Lipinski definition) is 9. The molecule has 0 bridgehead atoms. The summed E-state index contributed by atoms with van der Waals surface area (Å²) in [5, 5.41) is 8.11. The highest BCUT2D eigenvalue weighted by Crippen LogP contribution is 2.43. The Labute approximate surface area is 239 Å². The average Bonchev–Trinajstić information content (AvgIpc) is 3.43. The van der Waals surface area contributed by atoms with Gasteiger partial charge in [-0.1, -0.05) is 42.5 Å². The Hall–Kier alpha value is -5.06. The van der Waals surface area contributed by atoms with E-state index in [4.69, 9.17) is 18.6 Å². The molecule has 0 aliphatic carbocycles. The number of rotatable bonds is 8. The van der Waals surface area contributed by atoms with Crippen LogP contribution in [-0.2, 0) is 29.9 Å². The molecule has 4 heterocycles. The van der Waals surface area contributed by atoms with Crippen LogP contribution in [0.3, 0.4) is 0 Å². The number of hydrogen-bond donors (Lipinski definition) is 0. The lowest BCUT2D eigenvalue weighted by Gasteiger charge is -2.35. The number of halogens is 1. The second-order valence-corrected chi connectivity index (χ2v) is 10.2. The van der Waals surface area contributed by atoms with E-state index in [1.807, 2.05) is 30.3 Å². The van der Waals surface area contributed by atoms with Gasteiger partial charge in [-0.05, 0) is 37.1 Å². The van der Waals surface area contributed by atoms with E-state index in [9.17, 15) is 14.0 Å². The molecule has 1 atom stereocenters. The summed E-state index contributed by atoms with van der Waals surface area (Å²) in [6.45, 7) is 5.14. The van der Waals surface area contributed by atoms with E-state index in [1.165, 1.54) is 16.7 Å². The van der Waals surface area contributed by atoms with Crippen molar-refractivity contribution in [3.63, 3.8) is 0 Å². The summed E-state index contributed by atoms with van der Waals surface area (Å²) in [5.74, 6) is -0.340. The van der Waals surface area contributed by atoms with Crippen LogP contribution in [0.2, 0.25) is 0 Å². The van der Waals surface area contributed by atoms with Gasteiger partial charge in [0.1, 0.15) is 23.5 Å². The molecule has 10 nitrogen and oxygen atoms in total. The summed E-state index contributed by atoms with van der Waals surface area (Å²) in [6, 6.07) is 15.4. The molecule has 1 aliphatic rings. The van der Waals surface area contributed by atoms with Crippen molar-refractivity contribution in [1.29, 1.82) is 0 Å². The predicted molar refractivity (Wildman–Crippen MR) is 149 cm³/mol. The molecule has 1 unspecified atom stereocenters. The standard InChI is InChI=1S/C31H27FN4O6/c1-4-39-29(38)23-27(40-16-20-8-6-5-7-9-20)24-25-26(21(15-33-24)14-19-10-12-22(32)13-11-19)42-31(3,17-36(25)28(23)37)30-35-34-18(2)41-30/h5-13,15H,4,14,16-17H2,1-3H3. The molecule has 0 amide bonds. The normalized spacial score (nSPS) is 15.8. The van der Waals surface area contributed by atoms with E-state index >= 15 is 0 Å². The van der Waals surface area contributed by atoms with Crippen molar-refractivity contribution in [3.05, 3.63) is 111 Å². The van der Waals surface area contributed by atoms with Gasteiger partial charge in [0.15, 0.2) is 17.1 Å². The highest BCUT2D eigenvalue weighted by Gasteiger charge is 2.43. The zero-order chi connectivity index (χ0) is 29.4. The van der Waals surface area contributed by atoms with Crippen LogP contribution < -0.4 is 15.0 Å². The zero-order valence-electron chi connectivity index (χ0n) is 23.2. The Balaban J connectivity index is 1.58. The molecule has 11 heteroatoms. The summed E-state index contributed by atoms with van der Waals surface area (Å²) in [4.78, 5) is 32.1. The van der Waals surface area contributed by atoms with Gasteiger partial charge in [0, 0.05) is 25.1 Å². The third-order valence-corrected chi connectivity index (χ3v) is 7.03. The van der Waals surface area contributed by atoms with Crippen molar-refractivity contribution in [1.82, 2.24) is 19.7 Å². The lowest BCUT2D eigenvalue weighted by Crippen LogP contribution is -2.44. The van der Waals surface area contributed by atoms with Gasteiger partial charge in [-0.25, -0.2) is 9.18 Å². The highest BCUT2D eigenvalue weighted by molar-refractivity contribution is 6.00. The summed E-state index contributed by atoms with van der Waals surface area (Å²) in [7, 11) is 0. The number of esters is 1. The third kappa shape index (κ3) is 4.87. The number of carbonyl (C=O) groups excluding carboxylic acids is 1. The largest absolute Gasteiger partial charge is 0.485 e. The van der Waals surface area contributed by atoms with Crippen LogP contribution in [0.4, 0.5) is 4.39 Å². The lowest BCUT2D eigenvalue weighted by molar-refractivity contribution is 0.0278. The topological polar surface area (TPSA) is 119 Å². The fourth-order valence-corrected chi connectivity index (χ4v) is 5.04. The molecular weight excluding hydrogens is 543 g/mol. The van der Waals surface area contributed by atoms with Crippen molar-refractivity contribution in [2.24, 2.45) is 0 Å². The molecule has 214 valence electrons. The maximum atomic E-state index is 14.2. The molecule has 42 heavy (non-hydrogen) atoms. The Bertz CT molecular complexity index is 1850.